The lowest BCUT2D eigenvalue weighted by molar-refractivity contribution is -0.116. The van der Waals surface area contributed by atoms with E-state index in [1.54, 1.807) is 7.05 Å². The summed E-state index contributed by atoms with van der Waals surface area (Å²) in [7, 11) is 1.65. The van der Waals surface area contributed by atoms with Crippen LogP contribution in [-0.2, 0) is 4.79 Å². The molecule has 0 atom stereocenters. The Bertz CT molecular complexity index is 375. The van der Waals surface area contributed by atoms with Crippen LogP contribution in [0.25, 0.3) is 0 Å². The first kappa shape index (κ1) is 11.0. The maximum Gasteiger partial charge on any atom is 0.337 e. The molecule has 0 aliphatic carbocycles. The number of anilines is 1. The number of carboxylic acids is 1. The number of aromatic carboxylic acids is 1. The predicted molar refractivity (Wildman–Crippen MR) is 53.7 cm³/mol. The number of carbonyl (C=O) groups excluding carboxylic acids is 1. The maximum atomic E-state index is 10.6. The average molecular weight is 209 g/mol. The number of nitrogens with two attached hydrogens (primary N) is 1. The number of pyridine rings is 1. The van der Waals surface area contributed by atoms with Crippen molar-refractivity contribution in [3.05, 3.63) is 23.9 Å². The molecule has 0 unspecified atom stereocenters. The highest BCUT2D eigenvalue weighted by molar-refractivity contribution is 5.87. The summed E-state index contributed by atoms with van der Waals surface area (Å²) in [6.45, 7) is 0.0411. The molecule has 0 saturated heterocycles. The van der Waals surface area contributed by atoms with Gasteiger partial charge in [-0.1, -0.05) is 0 Å². The van der Waals surface area contributed by atoms with Crippen LogP contribution in [-0.4, -0.2) is 35.6 Å². The number of primary amides is 1. The second-order valence-corrected chi connectivity index (χ2v) is 3.03. The molecule has 0 aliphatic heterocycles. The van der Waals surface area contributed by atoms with E-state index >= 15 is 0 Å². The highest BCUT2D eigenvalue weighted by Crippen LogP contribution is 2.08. The molecule has 6 heteroatoms. The molecule has 1 aromatic rings. The van der Waals surface area contributed by atoms with Crippen molar-refractivity contribution in [2.45, 2.75) is 0 Å². The van der Waals surface area contributed by atoms with E-state index in [2.05, 4.69) is 4.98 Å². The number of rotatable bonds is 4. The summed E-state index contributed by atoms with van der Waals surface area (Å²) in [5.41, 5.74) is 5.11. The number of hydrogen-bond donors (Lipinski definition) is 2. The van der Waals surface area contributed by atoms with Crippen LogP contribution in [0.1, 0.15) is 10.4 Å². The molecule has 0 aliphatic rings. The summed E-state index contributed by atoms with van der Waals surface area (Å²) in [6, 6.07) is 2.94. The monoisotopic (exact) mass is 209 g/mol. The van der Waals surface area contributed by atoms with E-state index in [4.69, 9.17) is 10.8 Å². The zero-order valence-corrected chi connectivity index (χ0v) is 8.17. The minimum absolute atomic E-state index is 0.0411. The van der Waals surface area contributed by atoms with Crippen molar-refractivity contribution >= 4 is 17.7 Å². The van der Waals surface area contributed by atoms with Gasteiger partial charge in [-0.25, -0.2) is 9.78 Å². The second-order valence-electron chi connectivity index (χ2n) is 3.03. The number of hydrogen-bond acceptors (Lipinski definition) is 4. The highest BCUT2D eigenvalue weighted by Gasteiger charge is 2.07. The molecule has 1 heterocycles. The van der Waals surface area contributed by atoms with Gasteiger partial charge in [0.2, 0.25) is 5.91 Å². The molecule has 80 valence electrons. The van der Waals surface area contributed by atoms with Crippen LogP contribution >= 0.6 is 0 Å². The largest absolute Gasteiger partial charge is 0.478 e. The first-order chi connectivity index (χ1) is 7.00. The van der Waals surface area contributed by atoms with E-state index in [1.807, 2.05) is 0 Å². The summed E-state index contributed by atoms with van der Waals surface area (Å²) >= 11 is 0. The summed E-state index contributed by atoms with van der Waals surface area (Å²) in [4.78, 5) is 26.6. The molecule has 0 radical (unpaired) electrons. The average Bonchev–Trinajstić information content (AvgIpc) is 2.17. The molecule has 1 aromatic heterocycles. The van der Waals surface area contributed by atoms with Gasteiger partial charge >= 0.3 is 5.97 Å². The molecule has 3 N–H and O–H groups in total. The fourth-order valence-corrected chi connectivity index (χ4v) is 1.05. The van der Waals surface area contributed by atoms with Crippen molar-refractivity contribution in [2.75, 3.05) is 18.5 Å². The molecule has 6 nitrogen and oxygen atoms in total. The fraction of sp³-hybridized carbons (Fsp3) is 0.222. The Morgan fingerprint density at radius 2 is 2.20 bits per heavy atom. The second kappa shape index (κ2) is 4.41. The number of aromatic nitrogens is 1. The van der Waals surface area contributed by atoms with Crippen molar-refractivity contribution in [3.8, 4) is 0 Å². The van der Waals surface area contributed by atoms with Crippen LogP contribution in [0.5, 0.6) is 0 Å². The minimum atomic E-state index is -1.04. The summed E-state index contributed by atoms with van der Waals surface area (Å²) < 4.78 is 0. The Kier molecular flexibility index (Phi) is 3.22. The summed E-state index contributed by atoms with van der Waals surface area (Å²) in [5.74, 6) is -1.01. The fourth-order valence-electron chi connectivity index (χ4n) is 1.05. The lowest BCUT2D eigenvalue weighted by Gasteiger charge is -2.15. The molecule has 1 rings (SSSR count). The van der Waals surface area contributed by atoms with Crippen molar-refractivity contribution in [3.63, 3.8) is 0 Å². The van der Waals surface area contributed by atoms with E-state index in [0.717, 1.165) is 0 Å². The van der Waals surface area contributed by atoms with Gasteiger partial charge in [0.15, 0.2) is 0 Å². The zero-order chi connectivity index (χ0) is 11.4. The Morgan fingerprint density at radius 1 is 1.53 bits per heavy atom. The quantitative estimate of drug-likeness (QED) is 0.709. The molecule has 0 fully saturated rings. The van der Waals surface area contributed by atoms with E-state index < -0.39 is 11.9 Å². The first-order valence-corrected chi connectivity index (χ1v) is 4.19. The van der Waals surface area contributed by atoms with Crippen LogP contribution in [0, 0.1) is 0 Å². The smallest absolute Gasteiger partial charge is 0.337 e. The first-order valence-electron chi connectivity index (χ1n) is 4.19. The molecule has 0 spiro atoms. The number of carbonyl (C=O) groups is 2. The standard InChI is InChI=1S/C9H11N3O3/c1-12(5-7(10)13)8-3-2-6(4-11-8)9(14)15/h2-4H,5H2,1H3,(H2,10,13)(H,14,15). The van der Waals surface area contributed by atoms with Crippen LogP contribution in [0.2, 0.25) is 0 Å². The number of likely N-dealkylation sites (N-methyl/N-ethyl adjacent to an activating group) is 1. The lowest BCUT2D eigenvalue weighted by Crippen LogP contribution is -2.31. The van der Waals surface area contributed by atoms with Gasteiger partial charge in [-0.05, 0) is 12.1 Å². The summed E-state index contributed by atoms with van der Waals surface area (Å²) in [6.07, 6.45) is 1.23. The third-order valence-corrected chi connectivity index (χ3v) is 1.78. The van der Waals surface area contributed by atoms with Gasteiger partial charge in [0.25, 0.3) is 0 Å². The van der Waals surface area contributed by atoms with Crippen LogP contribution < -0.4 is 10.6 Å². The van der Waals surface area contributed by atoms with E-state index in [1.165, 1.54) is 23.2 Å². The molecular formula is C9H11N3O3. The minimum Gasteiger partial charge on any atom is -0.478 e. The van der Waals surface area contributed by atoms with Gasteiger partial charge in [-0.2, -0.15) is 0 Å². The molecule has 0 bridgehead atoms. The van der Waals surface area contributed by atoms with E-state index in [9.17, 15) is 9.59 Å². The van der Waals surface area contributed by atoms with Crippen molar-refractivity contribution in [1.29, 1.82) is 0 Å². The third-order valence-electron chi connectivity index (χ3n) is 1.78. The summed E-state index contributed by atoms with van der Waals surface area (Å²) in [5, 5.41) is 8.63. The Labute approximate surface area is 86.3 Å². The SMILES string of the molecule is CN(CC(N)=O)c1ccc(C(=O)O)cn1. The number of amides is 1. The Morgan fingerprint density at radius 3 is 2.60 bits per heavy atom. The van der Waals surface area contributed by atoms with Gasteiger partial charge < -0.3 is 15.7 Å². The number of carboxylic acid groups (broad SMARTS) is 1. The van der Waals surface area contributed by atoms with Gasteiger partial charge in [-0.15, -0.1) is 0 Å². The van der Waals surface area contributed by atoms with Crippen LogP contribution in [0.3, 0.4) is 0 Å². The van der Waals surface area contributed by atoms with Crippen LogP contribution in [0.15, 0.2) is 18.3 Å². The van der Waals surface area contributed by atoms with Crippen LogP contribution in [0.4, 0.5) is 5.82 Å². The third kappa shape index (κ3) is 2.94. The predicted octanol–water partition coefficient (Wildman–Crippen LogP) is -0.299. The normalized spacial score (nSPS) is 9.67. The Balaban J connectivity index is 2.79. The number of nitrogens with zero attached hydrogens (tertiary/aromatic N) is 2. The molecular weight excluding hydrogens is 198 g/mol. The van der Waals surface area contributed by atoms with Gasteiger partial charge in [-0.3, -0.25) is 4.79 Å². The van der Waals surface area contributed by atoms with Crippen molar-refractivity contribution in [1.82, 2.24) is 4.98 Å². The molecule has 0 aromatic carbocycles. The molecule has 1 amide bonds. The maximum absolute atomic E-state index is 10.6. The van der Waals surface area contributed by atoms with Crippen molar-refractivity contribution in [2.24, 2.45) is 5.73 Å². The highest BCUT2D eigenvalue weighted by atomic mass is 16.4. The van der Waals surface area contributed by atoms with E-state index in [-0.39, 0.29) is 12.1 Å². The van der Waals surface area contributed by atoms with Crippen molar-refractivity contribution < 1.29 is 14.7 Å². The zero-order valence-electron chi connectivity index (χ0n) is 8.17. The lowest BCUT2D eigenvalue weighted by atomic mass is 10.3. The van der Waals surface area contributed by atoms with E-state index in [0.29, 0.717) is 5.82 Å². The van der Waals surface area contributed by atoms with Gasteiger partial charge in [0.05, 0.1) is 12.1 Å². The van der Waals surface area contributed by atoms with Gasteiger partial charge in [0.1, 0.15) is 5.82 Å². The molecule has 15 heavy (non-hydrogen) atoms. The Hall–Kier alpha value is -2.11. The topological polar surface area (TPSA) is 96.5 Å². The molecule has 0 saturated carbocycles. The van der Waals surface area contributed by atoms with Gasteiger partial charge in [0, 0.05) is 13.2 Å².